The summed E-state index contributed by atoms with van der Waals surface area (Å²) in [6.07, 6.45) is 1.29. The van der Waals surface area contributed by atoms with E-state index in [0.717, 1.165) is 10.8 Å². The second-order valence-corrected chi connectivity index (χ2v) is 5.36. The van der Waals surface area contributed by atoms with Crippen LogP contribution in [0.4, 0.5) is 11.5 Å². The molecule has 1 aromatic heterocycles. The maximum atomic E-state index is 11.7. The topological polar surface area (TPSA) is 81.4 Å². The molecule has 7 heteroatoms. The number of hydrogen-bond donors (Lipinski definition) is 0. The quantitative estimate of drug-likeness (QED) is 0.495. The minimum atomic E-state index is -0.492. The van der Waals surface area contributed by atoms with Crippen LogP contribution in [0.2, 0.25) is 0 Å². The number of ether oxygens (including phenoxy) is 1. The van der Waals surface area contributed by atoms with Crippen molar-refractivity contribution in [2.24, 2.45) is 0 Å². The minimum absolute atomic E-state index is 0.0572. The van der Waals surface area contributed by atoms with Crippen LogP contribution in [-0.4, -0.2) is 28.0 Å². The second-order valence-electron chi connectivity index (χ2n) is 5.36. The van der Waals surface area contributed by atoms with Gasteiger partial charge in [-0.15, -0.1) is 0 Å². The van der Waals surface area contributed by atoms with Crippen LogP contribution >= 0.6 is 0 Å². The average Bonchev–Trinajstić information content (AvgIpc) is 2.63. The van der Waals surface area contributed by atoms with Gasteiger partial charge in [-0.2, -0.15) is 4.98 Å². The molecule has 0 atom stereocenters. The molecular weight excluding hydrogens is 320 g/mol. The first kappa shape index (κ1) is 16.6. The summed E-state index contributed by atoms with van der Waals surface area (Å²) in [4.78, 5) is 21.1. The average molecular weight is 338 g/mol. The fraction of sp³-hybridized carbons (Fsp3) is 0.222. The van der Waals surface area contributed by atoms with E-state index in [1.807, 2.05) is 50.2 Å². The molecule has 0 aliphatic rings. The normalized spacial score (nSPS) is 10.6. The first-order valence-electron chi connectivity index (χ1n) is 8.05. The van der Waals surface area contributed by atoms with Crippen LogP contribution in [0, 0.1) is 10.1 Å². The summed E-state index contributed by atoms with van der Waals surface area (Å²) < 4.78 is 5.84. The van der Waals surface area contributed by atoms with E-state index < -0.39 is 4.92 Å². The Morgan fingerprint density at radius 3 is 2.52 bits per heavy atom. The van der Waals surface area contributed by atoms with E-state index in [9.17, 15) is 10.1 Å². The molecular formula is C18H18N4O3. The summed E-state index contributed by atoms with van der Waals surface area (Å²) in [7, 11) is 0. The third kappa shape index (κ3) is 3.21. The predicted molar refractivity (Wildman–Crippen MR) is 96.3 cm³/mol. The Labute approximate surface area is 145 Å². The Morgan fingerprint density at radius 2 is 1.80 bits per heavy atom. The lowest BCUT2D eigenvalue weighted by Crippen LogP contribution is -2.24. The number of benzene rings is 2. The summed E-state index contributed by atoms with van der Waals surface area (Å²) in [5.41, 5.74) is -0.223. The van der Waals surface area contributed by atoms with Crippen molar-refractivity contribution in [2.75, 3.05) is 18.0 Å². The molecule has 0 aliphatic carbocycles. The van der Waals surface area contributed by atoms with E-state index in [4.69, 9.17) is 4.74 Å². The predicted octanol–water partition coefficient (Wildman–Crippen LogP) is 4.18. The van der Waals surface area contributed by atoms with Crippen molar-refractivity contribution < 1.29 is 9.66 Å². The molecule has 0 unspecified atom stereocenters. The smallest absolute Gasteiger partial charge is 0.373 e. The van der Waals surface area contributed by atoms with E-state index in [1.54, 1.807) is 11.0 Å². The lowest BCUT2D eigenvalue weighted by Gasteiger charge is -2.19. The third-order valence-electron chi connectivity index (χ3n) is 3.97. The Hall–Kier alpha value is -3.22. The van der Waals surface area contributed by atoms with E-state index in [0.29, 0.717) is 18.8 Å². The number of hydrogen-bond acceptors (Lipinski definition) is 6. The molecule has 3 aromatic rings. The monoisotopic (exact) mass is 338 g/mol. The molecule has 0 spiro atoms. The standard InChI is InChI=1S/C18H18N4O3/c1-3-21(4-2)17-16(22(23)24)18(20-12-19-17)25-15-11-7-9-13-8-5-6-10-14(13)15/h5-12H,3-4H2,1-2H3. The molecule has 0 bridgehead atoms. The fourth-order valence-corrected chi connectivity index (χ4v) is 2.73. The van der Waals surface area contributed by atoms with Crippen molar-refractivity contribution >= 4 is 22.3 Å². The van der Waals surface area contributed by atoms with Crippen LogP contribution in [0.5, 0.6) is 11.6 Å². The Kier molecular flexibility index (Phi) is 4.74. The van der Waals surface area contributed by atoms with Gasteiger partial charge in [0.05, 0.1) is 4.92 Å². The highest BCUT2D eigenvalue weighted by Gasteiger charge is 2.28. The zero-order chi connectivity index (χ0) is 17.8. The van der Waals surface area contributed by atoms with Gasteiger partial charge in [0.15, 0.2) is 0 Å². The number of aromatic nitrogens is 2. The Morgan fingerprint density at radius 1 is 1.08 bits per heavy atom. The molecule has 25 heavy (non-hydrogen) atoms. The van der Waals surface area contributed by atoms with E-state index in [1.165, 1.54) is 6.33 Å². The molecule has 0 N–H and O–H groups in total. The van der Waals surface area contributed by atoms with E-state index in [2.05, 4.69) is 9.97 Å². The second kappa shape index (κ2) is 7.12. The summed E-state index contributed by atoms with van der Waals surface area (Å²) in [5.74, 6) is 0.726. The van der Waals surface area contributed by atoms with Crippen LogP contribution in [0.15, 0.2) is 48.8 Å². The number of anilines is 1. The van der Waals surface area contributed by atoms with Gasteiger partial charge in [0, 0.05) is 18.5 Å². The molecule has 0 saturated heterocycles. The summed E-state index contributed by atoms with van der Waals surface area (Å²) >= 11 is 0. The number of nitrogens with zero attached hydrogens (tertiary/aromatic N) is 4. The molecule has 2 aromatic carbocycles. The molecule has 0 fully saturated rings. The van der Waals surface area contributed by atoms with Gasteiger partial charge in [-0.3, -0.25) is 10.1 Å². The molecule has 0 radical (unpaired) electrons. The highest BCUT2D eigenvalue weighted by atomic mass is 16.6. The van der Waals surface area contributed by atoms with E-state index >= 15 is 0 Å². The number of fused-ring (bicyclic) bond motifs is 1. The Balaban J connectivity index is 2.11. The summed E-state index contributed by atoms with van der Waals surface area (Å²) in [6.45, 7) is 5.03. The van der Waals surface area contributed by atoms with Gasteiger partial charge < -0.3 is 9.64 Å². The first-order chi connectivity index (χ1) is 12.2. The van der Waals surface area contributed by atoms with Crippen LogP contribution in [0.1, 0.15) is 13.8 Å². The van der Waals surface area contributed by atoms with Gasteiger partial charge in [-0.1, -0.05) is 36.4 Å². The van der Waals surface area contributed by atoms with Crippen LogP contribution < -0.4 is 9.64 Å². The fourth-order valence-electron chi connectivity index (χ4n) is 2.73. The largest absolute Gasteiger partial charge is 0.433 e. The van der Waals surface area contributed by atoms with Gasteiger partial charge in [0.25, 0.3) is 0 Å². The SMILES string of the molecule is CCN(CC)c1ncnc(Oc2cccc3ccccc23)c1[N+](=O)[O-]. The maximum Gasteiger partial charge on any atom is 0.373 e. The highest BCUT2D eigenvalue weighted by molar-refractivity contribution is 5.88. The molecule has 7 nitrogen and oxygen atoms in total. The van der Waals surface area contributed by atoms with Crippen LogP contribution in [0.3, 0.4) is 0 Å². The zero-order valence-electron chi connectivity index (χ0n) is 14.0. The van der Waals surface area contributed by atoms with Crippen molar-refractivity contribution in [1.82, 2.24) is 9.97 Å². The third-order valence-corrected chi connectivity index (χ3v) is 3.97. The van der Waals surface area contributed by atoms with E-state index in [-0.39, 0.29) is 17.4 Å². The van der Waals surface area contributed by atoms with Crippen molar-refractivity contribution in [3.63, 3.8) is 0 Å². The summed E-state index contributed by atoms with van der Waals surface area (Å²) in [6, 6.07) is 13.3. The lowest BCUT2D eigenvalue weighted by molar-refractivity contribution is -0.385. The van der Waals surface area contributed by atoms with Crippen LogP contribution in [0.25, 0.3) is 10.8 Å². The summed E-state index contributed by atoms with van der Waals surface area (Å²) in [5, 5.41) is 13.5. The number of nitro groups is 1. The maximum absolute atomic E-state index is 11.7. The molecule has 0 amide bonds. The number of rotatable bonds is 6. The van der Waals surface area contributed by atoms with Gasteiger partial charge in [0.2, 0.25) is 5.82 Å². The Bertz CT molecular complexity index is 904. The molecule has 1 heterocycles. The first-order valence-corrected chi connectivity index (χ1v) is 8.05. The highest BCUT2D eigenvalue weighted by Crippen LogP contribution is 2.37. The van der Waals surface area contributed by atoms with Crippen molar-refractivity contribution in [1.29, 1.82) is 0 Å². The van der Waals surface area contributed by atoms with Gasteiger partial charge in [-0.05, 0) is 25.3 Å². The molecule has 128 valence electrons. The van der Waals surface area contributed by atoms with Gasteiger partial charge >= 0.3 is 11.6 Å². The molecule has 3 rings (SSSR count). The zero-order valence-corrected chi connectivity index (χ0v) is 14.0. The van der Waals surface area contributed by atoms with Gasteiger partial charge in [0.1, 0.15) is 12.1 Å². The lowest BCUT2D eigenvalue weighted by atomic mass is 10.1. The van der Waals surface area contributed by atoms with Crippen molar-refractivity contribution in [3.8, 4) is 11.6 Å². The van der Waals surface area contributed by atoms with Crippen molar-refractivity contribution in [2.45, 2.75) is 13.8 Å². The molecule has 0 saturated carbocycles. The molecule has 0 aliphatic heterocycles. The van der Waals surface area contributed by atoms with Crippen LogP contribution in [-0.2, 0) is 0 Å². The van der Waals surface area contributed by atoms with Gasteiger partial charge in [-0.25, -0.2) is 4.98 Å². The van der Waals surface area contributed by atoms with Crippen molar-refractivity contribution in [3.05, 3.63) is 58.9 Å². The minimum Gasteiger partial charge on any atom is -0.433 e.